The lowest BCUT2D eigenvalue weighted by Crippen LogP contribution is -2.11. The van der Waals surface area contributed by atoms with Crippen molar-refractivity contribution >= 4 is 51.8 Å². The van der Waals surface area contributed by atoms with Crippen LogP contribution in [0.1, 0.15) is 33.4 Å². The number of hydrogen-bond acceptors (Lipinski definition) is 7. The quantitative estimate of drug-likeness (QED) is 0.381. The molecule has 0 aliphatic carbocycles. The van der Waals surface area contributed by atoms with E-state index in [4.69, 9.17) is 20.8 Å². The molecule has 2 aromatic carbocycles. The third-order valence-corrected chi connectivity index (χ3v) is 4.87. The first kappa shape index (κ1) is 21.3. The van der Waals surface area contributed by atoms with Crippen molar-refractivity contribution in [3.8, 4) is 0 Å². The number of aryl methyl sites for hydroxylation is 1. The number of hydrogen-bond donors (Lipinski definition) is 2. The van der Waals surface area contributed by atoms with Crippen LogP contribution in [0.5, 0.6) is 0 Å². The number of esters is 1. The van der Waals surface area contributed by atoms with E-state index in [-0.39, 0.29) is 23.8 Å². The van der Waals surface area contributed by atoms with Crippen molar-refractivity contribution in [1.82, 2.24) is 9.97 Å². The fraction of sp³-hybridized carbons (Fsp3) is 0.130. The van der Waals surface area contributed by atoms with Crippen LogP contribution in [-0.2, 0) is 4.74 Å². The van der Waals surface area contributed by atoms with E-state index < -0.39 is 5.97 Å². The highest BCUT2D eigenvalue weighted by Gasteiger charge is 2.23. The van der Waals surface area contributed by atoms with E-state index in [9.17, 15) is 9.59 Å². The number of halogens is 1. The number of fused-ring (bicyclic) bond motifs is 1. The molecule has 8 nitrogen and oxygen atoms in total. The third kappa shape index (κ3) is 4.40. The van der Waals surface area contributed by atoms with Crippen molar-refractivity contribution in [3.05, 3.63) is 76.8 Å². The number of rotatable bonds is 6. The number of nitrogens with zero attached hydrogens (tertiary/aromatic N) is 2. The number of benzene rings is 2. The van der Waals surface area contributed by atoms with Gasteiger partial charge in [0.15, 0.2) is 0 Å². The van der Waals surface area contributed by atoms with Gasteiger partial charge < -0.3 is 19.8 Å². The predicted octanol–water partition coefficient (Wildman–Crippen LogP) is 5.36. The van der Waals surface area contributed by atoms with E-state index >= 15 is 0 Å². The Kier molecular flexibility index (Phi) is 6.04. The van der Waals surface area contributed by atoms with Crippen LogP contribution in [0.25, 0.3) is 11.1 Å². The molecule has 4 aromatic rings. The van der Waals surface area contributed by atoms with Gasteiger partial charge in [-0.1, -0.05) is 17.7 Å². The lowest BCUT2D eigenvalue weighted by atomic mass is 10.1. The second-order valence-corrected chi connectivity index (χ2v) is 7.26. The monoisotopic (exact) mass is 450 g/mol. The minimum Gasteiger partial charge on any atom is -0.462 e. The fourth-order valence-corrected chi connectivity index (χ4v) is 3.39. The zero-order valence-electron chi connectivity index (χ0n) is 17.3. The van der Waals surface area contributed by atoms with E-state index in [0.29, 0.717) is 38.9 Å². The van der Waals surface area contributed by atoms with Crippen LogP contribution in [0.4, 0.5) is 17.2 Å². The molecule has 0 unspecified atom stereocenters. The highest BCUT2D eigenvalue weighted by Crippen LogP contribution is 2.31. The van der Waals surface area contributed by atoms with Gasteiger partial charge in [-0.05, 0) is 56.3 Å². The Morgan fingerprint density at radius 1 is 1.09 bits per heavy atom. The molecule has 2 N–H and O–H groups in total. The number of furan rings is 1. The Bertz CT molecular complexity index is 1300. The normalized spacial score (nSPS) is 10.7. The van der Waals surface area contributed by atoms with Gasteiger partial charge in [-0.25, -0.2) is 14.8 Å². The highest BCUT2D eigenvalue weighted by molar-refractivity contribution is 6.31. The van der Waals surface area contributed by atoms with Crippen LogP contribution < -0.4 is 10.6 Å². The number of carbonyl (C=O) groups is 2. The average Bonchev–Trinajstić information content (AvgIpc) is 3.11. The fourth-order valence-electron chi connectivity index (χ4n) is 3.20. The number of nitrogens with one attached hydrogen (secondary N) is 2. The van der Waals surface area contributed by atoms with E-state index in [0.717, 1.165) is 0 Å². The first-order chi connectivity index (χ1) is 15.5. The van der Waals surface area contributed by atoms with Gasteiger partial charge in [0.1, 0.15) is 23.5 Å². The summed E-state index contributed by atoms with van der Waals surface area (Å²) in [7, 11) is 0. The van der Waals surface area contributed by atoms with Crippen LogP contribution in [0.2, 0.25) is 5.02 Å². The van der Waals surface area contributed by atoms with E-state index in [2.05, 4.69) is 20.6 Å². The molecule has 4 rings (SSSR count). The predicted molar refractivity (Wildman–Crippen MR) is 122 cm³/mol. The van der Waals surface area contributed by atoms with Gasteiger partial charge in [0.05, 0.1) is 12.0 Å². The standard InChI is InChI=1S/C23H19ClN4O4/c1-3-31-23(30)18-13(2)32-22-19(18)20(25-12-26-22)27-16-9-7-14(8-10-16)21(29)28-17-6-4-5-15(24)11-17/h4-12H,3H2,1-2H3,(H,28,29)(H,25,26,27). The molecular formula is C23H19ClN4O4. The second kappa shape index (κ2) is 9.07. The lowest BCUT2D eigenvalue weighted by Gasteiger charge is -2.09. The lowest BCUT2D eigenvalue weighted by molar-refractivity contribution is 0.0526. The maximum Gasteiger partial charge on any atom is 0.342 e. The highest BCUT2D eigenvalue weighted by atomic mass is 35.5. The Balaban J connectivity index is 1.57. The Morgan fingerprint density at radius 2 is 1.88 bits per heavy atom. The van der Waals surface area contributed by atoms with Crippen molar-refractivity contribution in [1.29, 1.82) is 0 Å². The number of carbonyl (C=O) groups excluding carboxylic acids is 2. The molecule has 0 saturated carbocycles. The van der Waals surface area contributed by atoms with Gasteiger partial charge in [-0.15, -0.1) is 0 Å². The van der Waals surface area contributed by atoms with Crippen molar-refractivity contribution in [2.45, 2.75) is 13.8 Å². The molecule has 0 fully saturated rings. The largest absolute Gasteiger partial charge is 0.462 e. The maximum absolute atomic E-state index is 12.5. The maximum atomic E-state index is 12.5. The minimum absolute atomic E-state index is 0.236. The third-order valence-electron chi connectivity index (χ3n) is 4.64. The molecule has 0 aliphatic heterocycles. The summed E-state index contributed by atoms with van der Waals surface area (Å²) in [5, 5.41) is 6.93. The molecule has 2 heterocycles. The van der Waals surface area contributed by atoms with Gasteiger partial charge in [0, 0.05) is 22.0 Å². The Hall–Kier alpha value is -3.91. The zero-order chi connectivity index (χ0) is 22.7. The molecule has 0 atom stereocenters. The SMILES string of the molecule is CCOC(=O)c1c(C)oc2ncnc(Nc3ccc(C(=O)Nc4cccc(Cl)c4)cc3)c12. The molecular weight excluding hydrogens is 432 g/mol. The summed E-state index contributed by atoms with van der Waals surface area (Å²) in [5.74, 6) is 0.0222. The van der Waals surface area contributed by atoms with Crippen LogP contribution in [-0.4, -0.2) is 28.5 Å². The van der Waals surface area contributed by atoms with Gasteiger partial charge in [-0.3, -0.25) is 4.79 Å². The van der Waals surface area contributed by atoms with Crippen molar-refractivity contribution in [3.63, 3.8) is 0 Å². The molecule has 0 aliphatic rings. The van der Waals surface area contributed by atoms with Gasteiger partial charge in [0.2, 0.25) is 5.71 Å². The molecule has 0 saturated heterocycles. The van der Waals surface area contributed by atoms with Crippen LogP contribution >= 0.6 is 11.6 Å². The van der Waals surface area contributed by atoms with Crippen molar-refractivity contribution < 1.29 is 18.7 Å². The van der Waals surface area contributed by atoms with Crippen LogP contribution in [0.15, 0.2) is 59.3 Å². The molecule has 162 valence electrons. The van der Waals surface area contributed by atoms with Gasteiger partial charge >= 0.3 is 5.97 Å². The van der Waals surface area contributed by atoms with E-state index in [1.807, 2.05) is 0 Å². The first-order valence-corrected chi connectivity index (χ1v) is 10.2. The van der Waals surface area contributed by atoms with Gasteiger partial charge in [-0.2, -0.15) is 0 Å². The van der Waals surface area contributed by atoms with Crippen LogP contribution in [0.3, 0.4) is 0 Å². The molecule has 0 spiro atoms. The number of amides is 1. The Morgan fingerprint density at radius 3 is 2.59 bits per heavy atom. The molecule has 0 radical (unpaired) electrons. The smallest absolute Gasteiger partial charge is 0.342 e. The summed E-state index contributed by atoms with van der Waals surface area (Å²) in [4.78, 5) is 33.3. The molecule has 1 amide bonds. The second-order valence-electron chi connectivity index (χ2n) is 6.82. The zero-order valence-corrected chi connectivity index (χ0v) is 18.1. The summed E-state index contributed by atoms with van der Waals surface area (Å²) in [6.07, 6.45) is 1.34. The minimum atomic E-state index is -0.505. The van der Waals surface area contributed by atoms with Gasteiger partial charge in [0.25, 0.3) is 5.91 Å². The molecule has 2 aromatic heterocycles. The van der Waals surface area contributed by atoms with Crippen molar-refractivity contribution in [2.24, 2.45) is 0 Å². The summed E-state index contributed by atoms with van der Waals surface area (Å²) in [6.45, 7) is 3.64. The Labute approximate surface area is 188 Å². The first-order valence-electron chi connectivity index (χ1n) is 9.81. The van der Waals surface area contributed by atoms with Crippen LogP contribution in [0, 0.1) is 6.92 Å². The number of ether oxygens (including phenoxy) is 1. The molecule has 9 heteroatoms. The van der Waals surface area contributed by atoms with E-state index in [1.165, 1.54) is 6.33 Å². The summed E-state index contributed by atoms with van der Waals surface area (Å²) in [5.41, 5.74) is 2.30. The molecule has 32 heavy (non-hydrogen) atoms. The topological polar surface area (TPSA) is 106 Å². The van der Waals surface area contributed by atoms with E-state index in [1.54, 1.807) is 62.4 Å². The summed E-state index contributed by atoms with van der Waals surface area (Å²) in [6, 6.07) is 13.7. The van der Waals surface area contributed by atoms with Crippen molar-refractivity contribution in [2.75, 3.05) is 17.2 Å². The number of anilines is 3. The molecule has 0 bridgehead atoms. The number of aromatic nitrogens is 2. The summed E-state index contributed by atoms with van der Waals surface area (Å²) >= 11 is 5.96. The average molecular weight is 451 g/mol. The summed E-state index contributed by atoms with van der Waals surface area (Å²) < 4.78 is 10.7.